The van der Waals surface area contributed by atoms with Crippen LogP contribution in [0.3, 0.4) is 0 Å². The van der Waals surface area contributed by atoms with Crippen molar-refractivity contribution in [1.82, 2.24) is 10.3 Å². The molecule has 0 bridgehead atoms. The highest BCUT2D eigenvalue weighted by Crippen LogP contribution is 2.23. The van der Waals surface area contributed by atoms with Crippen LogP contribution in [0.5, 0.6) is 0 Å². The standard InChI is InChI=1S/C15H24ClN3/c1-4-11(3)19(5-2)15-9-8-13(16)14(18-15)10-17-12-6-7-12/h8-9,11-12,17H,4-7,10H2,1-3H3. The molecule has 1 saturated carbocycles. The van der Waals surface area contributed by atoms with Crippen molar-refractivity contribution in [2.75, 3.05) is 11.4 Å². The van der Waals surface area contributed by atoms with Crippen LogP contribution in [0.4, 0.5) is 5.82 Å². The van der Waals surface area contributed by atoms with Crippen LogP contribution in [0.2, 0.25) is 5.02 Å². The van der Waals surface area contributed by atoms with Gasteiger partial charge in [-0.25, -0.2) is 4.98 Å². The summed E-state index contributed by atoms with van der Waals surface area (Å²) in [5.74, 6) is 1.04. The first-order chi connectivity index (χ1) is 9.15. The highest BCUT2D eigenvalue weighted by molar-refractivity contribution is 6.31. The fourth-order valence-electron chi connectivity index (χ4n) is 2.21. The molecule has 1 aliphatic carbocycles. The van der Waals surface area contributed by atoms with E-state index in [4.69, 9.17) is 16.6 Å². The predicted molar refractivity (Wildman–Crippen MR) is 81.9 cm³/mol. The molecule has 1 heterocycles. The summed E-state index contributed by atoms with van der Waals surface area (Å²) in [6, 6.07) is 5.18. The third kappa shape index (κ3) is 3.83. The second-order valence-corrected chi connectivity index (χ2v) is 5.70. The molecule has 1 unspecified atom stereocenters. The maximum absolute atomic E-state index is 6.24. The normalized spacial score (nSPS) is 16.4. The monoisotopic (exact) mass is 281 g/mol. The third-order valence-electron chi connectivity index (χ3n) is 3.80. The van der Waals surface area contributed by atoms with Gasteiger partial charge in [0.05, 0.1) is 10.7 Å². The lowest BCUT2D eigenvalue weighted by Crippen LogP contribution is -2.33. The molecule has 2 rings (SSSR count). The molecular formula is C15H24ClN3. The molecule has 0 aromatic carbocycles. The van der Waals surface area contributed by atoms with Crippen LogP contribution in [0.15, 0.2) is 12.1 Å². The molecule has 19 heavy (non-hydrogen) atoms. The Morgan fingerprint density at radius 1 is 1.42 bits per heavy atom. The molecule has 1 aromatic heterocycles. The van der Waals surface area contributed by atoms with Gasteiger partial charge in [0.25, 0.3) is 0 Å². The minimum atomic E-state index is 0.503. The second-order valence-electron chi connectivity index (χ2n) is 5.30. The van der Waals surface area contributed by atoms with E-state index >= 15 is 0 Å². The van der Waals surface area contributed by atoms with Crippen LogP contribution >= 0.6 is 11.6 Å². The van der Waals surface area contributed by atoms with Gasteiger partial charge >= 0.3 is 0 Å². The van der Waals surface area contributed by atoms with Crippen molar-refractivity contribution >= 4 is 17.4 Å². The summed E-state index contributed by atoms with van der Waals surface area (Å²) in [5, 5.41) is 4.24. The van der Waals surface area contributed by atoms with E-state index in [1.54, 1.807) is 0 Å². The largest absolute Gasteiger partial charge is 0.354 e. The molecule has 0 radical (unpaired) electrons. The average Bonchev–Trinajstić information content (AvgIpc) is 3.23. The highest BCUT2D eigenvalue weighted by Gasteiger charge is 2.21. The summed E-state index contributed by atoms with van der Waals surface area (Å²) < 4.78 is 0. The molecule has 1 atom stereocenters. The molecule has 0 amide bonds. The summed E-state index contributed by atoms with van der Waals surface area (Å²) in [6.07, 6.45) is 3.68. The first-order valence-electron chi connectivity index (χ1n) is 7.31. The van der Waals surface area contributed by atoms with E-state index in [0.29, 0.717) is 12.1 Å². The zero-order valence-corrected chi connectivity index (χ0v) is 12.9. The van der Waals surface area contributed by atoms with Crippen LogP contribution in [0, 0.1) is 0 Å². The quantitative estimate of drug-likeness (QED) is 0.827. The van der Waals surface area contributed by atoms with E-state index in [0.717, 1.165) is 36.0 Å². The number of pyridine rings is 1. The zero-order valence-electron chi connectivity index (χ0n) is 12.1. The number of aromatic nitrogens is 1. The van der Waals surface area contributed by atoms with Gasteiger partial charge in [-0.2, -0.15) is 0 Å². The Balaban J connectivity index is 2.12. The second kappa shape index (κ2) is 6.58. The number of hydrogen-bond acceptors (Lipinski definition) is 3. The Morgan fingerprint density at radius 3 is 2.74 bits per heavy atom. The van der Waals surface area contributed by atoms with Gasteiger partial charge in [-0.3, -0.25) is 0 Å². The molecule has 106 valence electrons. The van der Waals surface area contributed by atoms with Crippen LogP contribution in [0.25, 0.3) is 0 Å². The van der Waals surface area contributed by atoms with Crippen LogP contribution in [-0.2, 0) is 6.54 Å². The maximum atomic E-state index is 6.24. The maximum Gasteiger partial charge on any atom is 0.129 e. The van der Waals surface area contributed by atoms with E-state index < -0.39 is 0 Å². The van der Waals surface area contributed by atoms with Gasteiger partial charge in [0.2, 0.25) is 0 Å². The number of nitrogens with zero attached hydrogens (tertiary/aromatic N) is 2. The molecule has 0 aliphatic heterocycles. The summed E-state index contributed by atoms with van der Waals surface area (Å²) in [7, 11) is 0. The van der Waals surface area contributed by atoms with Gasteiger partial charge in [-0.05, 0) is 45.2 Å². The van der Waals surface area contributed by atoms with Gasteiger partial charge < -0.3 is 10.2 Å². The third-order valence-corrected chi connectivity index (χ3v) is 4.14. The Bertz CT molecular complexity index is 418. The molecule has 1 aliphatic rings. The summed E-state index contributed by atoms with van der Waals surface area (Å²) in [4.78, 5) is 7.07. The summed E-state index contributed by atoms with van der Waals surface area (Å²) in [6.45, 7) is 8.36. The summed E-state index contributed by atoms with van der Waals surface area (Å²) >= 11 is 6.24. The topological polar surface area (TPSA) is 28.2 Å². The van der Waals surface area contributed by atoms with E-state index in [-0.39, 0.29) is 0 Å². The first-order valence-corrected chi connectivity index (χ1v) is 7.68. The number of nitrogens with one attached hydrogen (secondary N) is 1. The molecule has 1 fully saturated rings. The molecule has 0 spiro atoms. The van der Waals surface area contributed by atoms with Crippen molar-refractivity contribution < 1.29 is 0 Å². The molecule has 0 saturated heterocycles. The first kappa shape index (κ1) is 14.6. The molecular weight excluding hydrogens is 258 g/mol. The Labute approximate surface area is 121 Å². The van der Waals surface area contributed by atoms with E-state index in [9.17, 15) is 0 Å². The van der Waals surface area contributed by atoms with Crippen molar-refractivity contribution in [2.24, 2.45) is 0 Å². The smallest absolute Gasteiger partial charge is 0.129 e. The predicted octanol–water partition coefficient (Wildman–Crippen LogP) is 3.61. The van der Waals surface area contributed by atoms with Gasteiger partial charge in [0.1, 0.15) is 5.82 Å². The Morgan fingerprint density at radius 2 is 2.16 bits per heavy atom. The van der Waals surface area contributed by atoms with Gasteiger partial charge in [0, 0.05) is 25.2 Å². The van der Waals surface area contributed by atoms with E-state index in [1.165, 1.54) is 12.8 Å². The van der Waals surface area contributed by atoms with Crippen LogP contribution < -0.4 is 10.2 Å². The Hall–Kier alpha value is -0.800. The van der Waals surface area contributed by atoms with Crippen molar-refractivity contribution in [3.63, 3.8) is 0 Å². The van der Waals surface area contributed by atoms with Crippen molar-refractivity contribution in [3.8, 4) is 0 Å². The molecule has 1 aromatic rings. The van der Waals surface area contributed by atoms with E-state index in [2.05, 4.69) is 31.0 Å². The fourth-order valence-corrected chi connectivity index (χ4v) is 2.38. The van der Waals surface area contributed by atoms with Gasteiger partial charge in [-0.1, -0.05) is 18.5 Å². The lowest BCUT2D eigenvalue weighted by molar-refractivity contribution is 0.618. The number of halogens is 1. The summed E-state index contributed by atoms with van der Waals surface area (Å²) in [5.41, 5.74) is 0.966. The van der Waals surface area contributed by atoms with Gasteiger partial charge in [0.15, 0.2) is 0 Å². The van der Waals surface area contributed by atoms with Gasteiger partial charge in [-0.15, -0.1) is 0 Å². The fraction of sp³-hybridized carbons (Fsp3) is 0.667. The zero-order chi connectivity index (χ0) is 13.8. The minimum Gasteiger partial charge on any atom is -0.354 e. The molecule has 4 heteroatoms. The number of hydrogen-bond donors (Lipinski definition) is 1. The minimum absolute atomic E-state index is 0.503. The average molecular weight is 282 g/mol. The highest BCUT2D eigenvalue weighted by atomic mass is 35.5. The van der Waals surface area contributed by atoms with Crippen molar-refractivity contribution in [2.45, 2.75) is 58.7 Å². The molecule has 1 N–H and O–H groups in total. The number of rotatable bonds is 7. The van der Waals surface area contributed by atoms with Crippen molar-refractivity contribution in [1.29, 1.82) is 0 Å². The van der Waals surface area contributed by atoms with Crippen LogP contribution in [-0.4, -0.2) is 23.6 Å². The lowest BCUT2D eigenvalue weighted by atomic mass is 10.2. The van der Waals surface area contributed by atoms with Crippen LogP contribution in [0.1, 0.15) is 45.7 Å². The molecule has 3 nitrogen and oxygen atoms in total. The SMILES string of the molecule is CCC(C)N(CC)c1ccc(Cl)c(CNC2CC2)n1. The number of anilines is 1. The Kier molecular flexibility index (Phi) is 5.06. The lowest BCUT2D eigenvalue weighted by Gasteiger charge is -2.28. The van der Waals surface area contributed by atoms with E-state index in [1.807, 2.05) is 12.1 Å². The van der Waals surface area contributed by atoms with Crippen molar-refractivity contribution in [3.05, 3.63) is 22.8 Å².